The van der Waals surface area contributed by atoms with E-state index >= 15 is 0 Å². The summed E-state index contributed by atoms with van der Waals surface area (Å²) in [7, 11) is 4.91. The summed E-state index contributed by atoms with van der Waals surface area (Å²) in [6, 6.07) is 5.93. The Balaban J connectivity index is 0. The molecule has 0 aromatic heterocycles. The molecular weight excluding hydrogens is 513 g/mol. The maximum Gasteiger partial charge on any atom is 0.243 e. The molecule has 226 valence electrons. The average Bonchev–Trinajstić information content (AvgIpc) is 2.85. The van der Waals surface area contributed by atoms with Crippen LogP contribution in [0, 0.1) is 11.8 Å². The van der Waals surface area contributed by atoms with Crippen LogP contribution in [0.3, 0.4) is 0 Å². The Morgan fingerprint density at radius 2 is 1.60 bits per heavy atom. The number of rotatable bonds is 13. The van der Waals surface area contributed by atoms with Gasteiger partial charge in [0, 0.05) is 17.6 Å². The molecule has 11 nitrogen and oxygen atoms in total. The van der Waals surface area contributed by atoms with Crippen LogP contribution in [0.2, 0.25) is 0 Å². The molecule has 1 rings (SSSR count). The van der Waals surface area contributed by atoms with Crippen LogP contribution in [0.4, 0.5) is 10.5 Å². The molecule has 40 heavy (non-hydrogen) atoms. The van der Waals surface area contributed by atoms with Gasteiger partial charge in [-0.05, 0) is 56.3 Å². The largest absolute Gasteiger partial charge is 0.470 e. The standard InChI is InChI=1S/C20H28BN3O5.C4H11NO.C4H11N/c1-12(2)9-16(25)24-18(13(3)4)19(27)22-10-17(26)23-15-7-5-14(6-8-15)11-29-20(21)28;1-4(2,5)3-6;1-2-3-4-5/h5-8,12-13,18H,9-11H2,1-4H3,(H,22,27)(H,23,26)(H,24,25);6H,3,5H2,1-2H3;2-5H2,1H3. The van der Waals surface area contributed by atoms with Crippen molar-refractivity contribution in [3.8, 4) is 0 Å². The van der Waals surface area contributed by atoms with Gasteiger partial charge in [0.15, 0.2) is 0 Å². The van der Waals surface area contributed by atoms with Crippen molar-refractivity contribution >= 4 is 37.1 Å². The van der Waals surface area contributed by atoms with Crippen LogP contribution < -0.4 is 27.4 Å². The van der Waals surface area contributed by atoms with Gasteiger partial charge in [0.05, 0.1) is 13.2 Å². The SMILES string of the molecule is CC(C)(N)CO.CCCCN.[B]C(=O)OCc1ccc(NC(=O)CNC(=O)C(NC(=O)CC(C)C)C(C)C)cc1. The van der Waals surface area contributed by atoms with E-state index in [1.165, 1.54) is 12.8 Å². The summed E-state index contributed by atoms with van der Waals surface area (Å²) in [5, 5.41) is 16.2. The second-order valence-electron chi connectivity index (χ2n) is 10.7. The first-order valence-corrected chi connectivity index (χ1v) is 13.5. The highest BCUT2D eigenvalue weighted by atomic mass is 16.5. The highest BCUT2D eigenvalue weighted by molar-refractivity contribution is 6.55. The van der Waals surface area contributed by atoms with Crippen LogP contribution in [0.15, 0.2) is 24.3 Å². The predicted molar refractivity (Wildman–Crippen MR) is 160 cm³/mol. The second-order valence-corrected chi connectivity index (χ2v) is 10.7. The lowest BCUT2D eigenvalue weighted by Crippen LogP contribution is -2.51. The van der Waals surface area contributed by atoms with Gasteiger partial charge >= 0.3 is 0 Å². The van der Waals surface area contributed by atoms with Gasteiger partial charge in [-0.25, -0.2) is 0 Å². The molecule has 0 saturated heterocycles. The van der Waals surface area contributed by atoms with Crippen LogP contribution in [0.1, 0.15) is 73.3 Å². The second kappa shape index (κ2) is 21.8. The number of hydrogen-bond acceptors (Lipinski definition) is 8. The number of hydrogen-bond donors (Lipinski definition) is 6. The number of carbonyl (C=O) groups is 4. The van der Waals surface area contributed by atoms with E-state index in [1.807, 2.05) is 27.7 Å². The van der Waals surface area contributed by atoms with Crippen molar-refractivity contribution in [3.63, 3.8) is 0 Å². The maximum absolute atomic E-state index is 12.4. The Morgan fingerprint density at radius 1 is 1.05 bits per heavy atom. The van der Waals surface area contributed by atoms with Crippen LogP contribution in [0.5, 0.6) is 0 Å². The third kappa shape index (κ3) is 23.0. The summed E-state index contributed by atoms with van der Waals surface area (Å²) in [4.78, 5) is 47.0. The summed E-state index contributed by atoms with van der Waals surface area (Å²) < 4.78 is 4.68. The molecule has 0 saturated carbocycles. The smallest absolute Gasteiger partial charge is 0.243 e. The van der Waals surface area contributed by atoms with Gasteiger partial charge in [-0.2, -0.15) is 0 Å². The summed E-state index contributed by atoms with van der Waals surface area (Å²) in [6.07, 6.45) is 2.72. The molecular formula is C28H50BN5O6. The van der Waals surface area contributed by atoms with Gasteiger partial charge in [-0.1, -0.05) is 53.2 Å². The van der Waals surface area contributed by atoms with Crippen LogP contribution in [-0.4, -0.2) is 67.8 Å². The third-order valence-electron chi connectivity index (χ3n) is 4.87. The van der Waals surface area contributed by atoms with Crippen molar-refractivity contribution in [3.05, 3.63) is 29.8 Å². The van der Waals surface area contributed by atoms with Crippen molar-refractivity contribution in [1.29, 1.82) is 0 Å². The van der Waals surface area contributed by atoms with Crippen molar-refractivity contribution in [2.24, 2.45) is 23.3 Å². The topological polar surface area (TPSA) is 186 Å². The fourth-order valence-electron chi connectivity index (χ4n) is 2.66. The Morgan fingerprint density at radius 3 is 1.98 bits per heavy atom. The zero-order valence-electron chi connectivity index (χ0n) is 25.2. The van der Waals surface area contributed by atoms with Crippen LogP contribution in [0.25, 0.3) is 0 Å². The van der Waals surface area contributed by atoms with Gasteiger partial charge in [0.1, 0.15) is 12.6 Å². The Bertz CT molecular complexity index is 871. The zero-order chi connectivity index (χ0) is 31.3. The molecule has 0 heterocycles. The van der Waals surface area contributed by atoms with Crippen molar-refractivity contribution < 1.29 is 29.0 Å². The van der Waals surface area contributed by atoms with E-state index in [-0.39, 0.29) is 37.5 Å². The Labute approximate surface area is 241 Å². The molecule has 0 spiro atoms. The molecule has 1 unspecified atom stereocenters. The number of unbranched alkanes of at least 4 members (excludes halogenated alkanes) is 1. The van der Waals surface area contributed by atoms with E-state index in [9.17, 15) is 19.2 Å². The molecule has 0 aliphatic heterocycles. The molecule has 0 aliphatic rings. The first-order chi connectivity index (χ1) is 18.6. The molecule has 1 aromatic carbocycles. The molecule has 2 radical (unpaired) electrons. The molecule has 8 N–H and O–H groups in total. The first-order valence-electron chi connectivity index (χ1n) is 13.5. The lowest BCUT2D eigenvalue weighted by Gasteiger charge is -2.22. The molecule has 0 fully saturated rings. The number of amides is 3. The number of ether oxygens (including phenoxy) is 1. The summed E-state index contributed by atoms with van der Waals surface area (Å²) in [5.74, 6) is -1.81. The molecule has 0 bridgehead atoms. The van der Waals surface area contributed by atoms with E-state index in [1.54, 1.807) is 38.1 Å². The van der Waals surface area contributed by atoms with Gasteiger partial charge in [0.2, 0.25) is 31.4 Å². The van der Waals surface area contributed by atoms with Crippen LogP contribution >= 0.6 is 0 Å². The summed E-state index contributed by atoms with van der Waals surface area (Å²) in [5.41, 5.74) is 11.3. The minimum absolute atomic E-state index is 0.0404. The minimum atomic E-state index is -0.863. The zero-order valence-corrected chi connectivity index (χ0v) is 25.2. The van der Waals surface area contributed by atoms with Gasteiger partial charge < -0.3 is 37.3 Å². The maximum atomic E-state index is 12.4. The Hall–Kier alpha value is -2.96. The lowest BCUT2D eigenvalue weighted by molar-refractivity contribution is -0.131. The number of aliphatic hydroxyl groups is 1. The van der Waals surface area contributed by atoms with E-state index in [2.05, 4.69) is 27.6 Å². The number of benzene rings is 1. The van der Waals surface area contributed by atoms with Crippen molar-refractivity contribution in [2.75, 3.05) is 25.0 Å². The highest BCUT2D eigenvalue weighted by Crippen LogP contribution is 2.10. The number of anilines is 1. The van der Waals surface area contributed by atoms with E-state index in [0.717, 1.165) is 6.54 Å². The number of carbonyl (C=O) groups excluding carboxylic acids is 4. The highest BCUT2D eigenvalue weighted by Gasteiger charge is 2.24. The van der Waals surface area contributed by atoms with Gasteiger partial charge in [-0.3, -0.25) is 19.2 Å². The molecule has 1 atom stereocenters. The summed E-state index contributed by atoms with van der Waals surface area (Å²) >= 11 is 0. The minimum Gasteiger partial charge on any atom is -0.470 e. The Kier molecular flexibility index (Phi) is 21.4. The lowest BCUT2D eigenvalue weighted by atomic mass is 10.0. The van der Waals surface area contributed by atoms with Gasteiger partial charge in [0.25, 0.3) is 0 Å². The fourth-order valence-corrected chi connectivity index (χ4v) is 2.66. The van der Waals surface area contributed by atoms with Crippen molar-refractivity contribution in [1.82, 2.24) is 10.6 Å². The molecule has 3 amide bonds. The van der Waals surface area contributed by atoms with E-state index in [0.29, 0.717) is 17.7 Å². The molecule has 12 heteroatoms. The first kappa shape index (κ1) is 39.2. The quantitative estimate of drug-likeness (QED) is 0.197. The van der Waals surface area contributed by atoms with Crippen molar-refractivity contribution in [2.45, 2.75) is 85.9 Å². The number of nitrogens with one attached hydrogen (secondary N) is 3. The number of aliphatic hydroxyl groups excluding tert-OH is 1. The monoisotopic (exact) mass is 563 g/mol. The van der Waals surface area contributed by atoms with Crippen LogP contribution in [-0.2, 0) is 25.7 Å². The normalized spacial score (nSPS) is 11.3. The van der Waals surface area contributed by atoms with E-state index in [4.69, 9.17) is 24.4 Å². The predicted octanol–water partition coefficient (Wildman–Crippen LogP) is 2.19. The summed E-state index contributed by atoms with van der Waals surface area (Å²) in [6.45, 7) is 13.9. The fraction of sp³-hybridized carbons (Fsp3) is 0.643. The average molecular weight is 564 g/mol. The number of nitrogens with two attached hydrogens (primary N) is 2. The van der Waals surface area contributed by atoms with E-state index < -0.39 is 29.3 Å². The van der Waals surface area contributed by atoms with Gasteiger partial charge in [-0.15, -0.1) is 0 Å². The third-order valence-corrected chi connectivity index (χ3v) is 4.87. The molecule has 0 aliphatic carbocycles. The molecule has 1 aromatic rings.